The van der Waals surface area contributed by atoms with Crippen LogP contribution in [0.2, 0.25) is 0 Å². The van der Waals surface area contributed by atoms with E-state index in [1.165, 1.54) is 38.5 Å². The number of nitriles is 1. The second-order valence-corrected chi connectivity index (χ2v) is 11.6. The molecule has 0 radical (unpaired) electrons. The van der Waals surface area contributed by atoms with E-state index in [9.17, 15) is 18.5 Å². The lowest BCUT2D eigenvalue weighted by atomic mass is 10.1. The number of halogens is 1. The molecule has 0 aliphatic rings. The molecule has 1 heterocycles. The molecule has 3 N–H and O–H groups in total. The van der Waals surface area contributed by atoms with E-state index in [1.807, 2.05) is 0 Å². The third kappa shape index (κ3) is 6.78. The second-order valence-electron chi connectivity index (χ2n) is 8.17. The van der Waals surface area contributed by atoms with Crippen molar-refractivity contribution >= 4 is 55.0 Å². The van der Waals surface area contributed by atoms with Crippen LogP contribution in [-0.2, 0) is 10.0 Å². The van der Waals surface area contributed by atoms with Crippen molar-refractivity contribution < 1.29 is 22.7 Å². The Labute approximate surface area is 243 Å². The maximum absolute atomic E-state index is 12.8. The molecule has 1 aromatic heterocycles. The fraction of sp³-hybridized carbons (Fsp3) is 0.111. The summed E-state index contributed by atoms with van der Waals surface area (Å²) in [6, 6.07) is 19.9. The summed E-state index contributed by atoms with van der Waals surface area (Å²) in [4.78, 5) is 21.9. The van der Waals surface area contributed by atoms with Gasteiger partial charge in [0.2, 0.25) is 10.0 Å². The first kappa shape index (κ1) is 29.0. The number of hydrogen-bond acceptors (Lipinski definition) is 10. The summed E-state index contributed by atoms with van der Waals surface area (Å²) < 4.78 is 35.1. The highest BCUT2D eigenvalue weighted by Gasteiger charge is 2.21. The maximum atomic E-state index is 12.8. The number of methoxy groups -OCH3 is 2. The fourth-order valence-corrected chi connectivity index (χ4v) is 5.13. The second kappa shape index (κ2) is 12.5. The van der Waals surface area contributed by atoms with Gasteiger partial charge < -0.3 is 14.8 Å². The molecular weight excluding hydrogens is 618 g/mol. The number of sulfonamides is 1. The number of nitrogens with one attached hydrogen (secondary N) is 1. The van der Waals surface area contributed by atoms with Crippen molar-refractivity contribution in [1.29, 1.82) is 5.26 Å². The average Bonchev–Trinajstić information content (AvgIpc) is 2.95. The number of rotatable bonds is 10. The van der Waals surface area contributed by atoms with Gasteiger partial charge in [0.25, 0.3) is 0 Å². The zero-order valence-electron chi connectivity index (χ0n) is 21.2. The van der Waals surface area contributed by atoms with Crippen LogP contribution < -0.4 is 19.9 Å². The van der Waals surface area contributed by atoms with E-state index < -0.39 is 10.0 Å². The van der Waals surface area contributed by atoms with Gasteiger partial charge in [0.15, 0.2) is 16.8 Å². The van der Waals surface area contributed by atoms with Gasteiger partial charge in [-0.15, -0.1) is 0 Å². The predicted molar refractivity (Wildman–Crippen MR) is 156 cm³/mol. The largest absolute Gasteiger partial charge is 0.497 e. The molecule has 0 amide bonds. The van der Waals surface area contributed by atoms with Gasteiger partial charge >= 0.3 is 0 Å². The Morgan fingerprint density at radius 3 is 2.35 bits per heavy atom. The first-order valence-electron chi connectivity index (χ1n) is 11.5. The van der Waals surface area contributed by atoms with Gasteiger partial charge in [-0.25, -0.2) is 23.5 Å². The molecule has 0 bridgehead atoms. The van der Waals surface area contributed by atoms with Gasteiger partial charge in [-0.1, -0.05) is 39.8 Å². The molecule has 10 nitrogen and oxygen atoms in total. The Balaban J connectivity index is 1.78. The normalized spacial score (nSPS) is 11.0. The Hall–Kier alpha value is -3.96. The SMILES string of the molecule is COc1ccc(OC)c(-c2nc(SCC(=O)c3ccc(Br)cc3)nc(Nc3ccc(S(N)(=O)=O)cc3)c2C#N)c1. The molecule has 13 heteroatoms. The van der Waals surface area contributed by atoms with Gasteiger partial charge in [-0.2, -0.15) is 5.26 Å². The molecule has 0 saturated heterocycles. The van der Waals surface area contributed by atoms with Crippen LogP contribution in [0.3, 0.4) is 0 Å². The van der Waals surface area contributed by atoms with E-state index in [4.69, 9.17) is 14.6 Å². The molecule has 0 aliphatic carbocycles. The van der Waals surface area contributed by atoms with Crippen LogP contribution in [0.5, 0.6) is 11.5 Å². The lowest BCUT2D eigenvalue weighted by Crippen LogP contribution is -2.12. The van der Waals surface area contributed by atoms with Crippen molar-refractivity contribution in [3.63, 3.8) is 0 Å². The van der Waals surface area contributed by atoms with E-state index in [0.717, 1.165) is 16.2 Å². The maximum Gasteiger partial charge on any atom is 0.238 e. The zero-order chi connectivity index (χ0) is 28.9. The van der Waals surface area contributed by atoms with Crippen molar-refractivity contribution in [2.45, 2.75) is 10.1 Å². The number of thioether (sulfide) groups is 1. The highest BCUT2D eigenvalue weighted by atomic mass is 79.9. The minimum Gasteiger partial charge on any atom is -0.497 e. The molecule has 40 heavy (non-hydrogen) atoms. The highest BCUT2D eigenvalue weighted by molar-refractivity contribution is 9.10. The first-order valence-corrected chi connectivity index (χ1v) is 14.8. The smallest absolute Gasteiger partial charge is 0.238 e. The Bertz CT molecular complexity index is 1710. The van der Waals surface area contributed by atoms with Crippen molar-refractivity contribution in [2.75, 3.05) is 25.3 Å². The number of anilines is 2. The number of aromatic nitrogens is 2. The number of hydrogen-bond donors (Lipinski definition) is 2. The number of carbonyl (C=O) groups excluding carboxylic acids is 1. The van der Waals surface area contributed by atoms with E-state index >= 15 is 0 Å². The van der Waals surface area contributed by atoms with E-state index in [2.05, 4.69) is 37.3 Å². The number of Topliss-reactive ketones (excluding diaryl/α,β-unsaturated/α-hetero) is 1. The van der Waals surface area contributed by atoms with Gasteiger partial charge in [-0.3, -0.25) is 4.79 Å². The summed E-state index contributed by atoms with van der Waals surface area (Å²) in [6.07, 6.45) is 0. The van der Waals surface area contributed by atoms with Gasteiger partial charge in [-0.05, 0) is 54.6 Å². The summed E-state index contributed by atoms with van der Waals surface area (Å²) in [5, 5.41) is 18.6. The van der Waals surface area contributed by atoms with Crippen LogP contribution in [0.4, 0.5) is 11.5 Å². The summed E-state index contributed by atoms with van der Waals surface area (Å²) in [6.45, 7) is 0. The van der Waals surface area contributed by atoms with E-state index in [-0.39, 0.29) is 38.7 Å². The molecule has 0 atom stereocenters. The summed E-state index contributed by atoms with van der Waals surface area (Å²) in [5.41, 5.74) is 1.83. The number of ketones is 1. The molecule has 3 aromatic carbocycles. The van der Waals surface area contributed by atoms with Gasteiger partial charge in [0, 0.05) is 21.3 Å². The van der Waals surface area contributed by atoms with Crippen LogP contribution >= 0.6 is 27.7 Å². The van der Waals surface area contributed by atoms with Crippen molar-refractivity contribution in [3.8, 4) is 28.8 Å². The van der Waals surface area contributed by atoms with Crippen molar-refractivity contribution in [1.82, 2.24) is 9.97 Å². The first-order chi connectivity index (χ1) is 19.1. The average molecular weight is 641 g/mol. The predicted octanol–water partition coefficient (Wildman–Crippen LogP) is 5.16. The summed E-state index contributed by atoms with van der Waals surface area (Å²) >= 11 is 4.47. The third-order valence-electron chi connectivity index (χ3n) is 5.61. The van der Waals surface area contributed by atoms with Gasteiger partial charge in [0.05, 0.1) is 30.6 Å². The molecule has 0 saturated carbocycles. The van der Waals surface area contributed by atoms with E-state index in [1.54, 1.807) is 42.5 Å². The Morgan fingerprint density at radius 1 is 1.05 bits per heavy atom. The third-order valence-corrected chi connectivity index (χ3v) is 7.91. The lowest BCUT2D eigenvalue weighted by Gasteiger charge is -2.15. The number of nitrogens with two attached hydrogens (primary N) is 1. The summed E-state index contributed by atoms with van der Waals surface area (Å²) in [7, 11) is -0.864. The topological polar surface area (TPSA) is 157 Å². The molecule has 0 spiro atoms. The standard InChI is InChI=1S/C27H22BrN5O5S2/c1-37-19-9-12-24(38-2)21(13-19)25-22(14-29)26(31-18-7-10-20(11-8-18)40(30,35)36)33-27(32-25)39-15-23(34)16-3-5-17(28)6-4-16/h3-13H,15H2,1-2H3,(H2,30,35,36)(H,31,32,33). The minimum atomic E-state index is -3.88. The fourth-order valence-electron chi connectivity index (χ4n) is 3.61. The molecule has 4 rings (SSSR count). The Morgan fingerprint density at radius 2 is 1.75 bits per heavy atom. The number of nitrogens with zero attached hydrogens (tertiary/aromatic N) is 3. The highest BCUT2D eigenvalue weighted by Crippen LogP contribution is 2.37. The minimum absolute atomic E-state index is 0.0463. The van der Waals surface area contributed by atoms with Crippen LogP contribution in [0.1, 0.15) is 15.9 Å². The number of benzene rings is 3. The van der Waals surface area contributed by atoms with Crippen molar-refractivity contribution in [3.05, 3.63) is 82.3 Å². The quantitative estimate of drug-likeness (QED) is 0.135. The molecule has 4 aromatic rings. The zero-order valence-corrected chi connectivity index (χ0v) is 24.4. The monoisotopic (exact) mass is 639 g/mol. The summed E-state index contributed by atoms with van der Waals surface area (Å²) in [5.74, 6) is 1.04. The molecule has 0 unspecified atom stereocenters. The van der Waals surface area contributed by atoms with E-state index in [0.29, 0.717) is 28.3 Å². The number of primary sulfonamides is 1. The molecule has 0 aliphatic heterocycles. The Kier molecular flexibility index (Phi) is 9.06. The van der Waals surface area contributed by atoms with Crippen LogP contribution in [0.15, 0.2) is 81.3 Å². The van der Waals surface area contributed by atoms with Crippen LogP contribution in [-0.4, -0.2) is 44.1 Å². The number of ether oxygens (including phenoxy) is 2. The van der Waals surface area contributed by atoms with Gasteiger partial charge in [0.1, 0.15) is 23.1 Å². The molecular formula is C27H22BrN5O5S2. The van der Waals surface area contributed by atoms with Crippen molar-refractivity contribution in [2.24, 2.45) is 5.14 Å². The lowest BCUT2D eigenvalue weighted by molar-refractivity contribution is 0.102. The van der Waals surface area contributed by atoms with Crippen LogP contribution in [0.25, 0.3) is 11.3 Å². The molecule has 204 valence electrons. The van der Waals surface area contributed by atoms with Crippen LogP contribution in [0, 0.1) is 11.3 Å². The molecule has 0 fully saturated rings. The number of carbonyl (C=O) groups is 1.